The van der Waals surface area contributed by atoms with Crippen LogP contribution < -0.4 is 10.1 Å². The Morgan fingerprint density at radius 2 is 2.28 bits per heavy atom. The Labute approximate surface area is 112 Å². The summed E-state index contributed by atoms with van der Waals surface area (Å²) in [6.45, 7) is 4.97. The van der Waals surface area contributed by atoms with Crippen LogP contribution in [0.1, 0.15) is 29.2 Å². The highest BCUT2D eigenvalue weighted by Gasteiger charge is 2.07. The fourth-order valence-corrected chi connectivity index (χ4v) is 2.48. The molecule has 0 amide bonds. The zero-order chi connectivity index (χ0) is 13.0. The number of nitrogens with one attached hydrogen (secondary N) is 1. The zero-order valence-corrected chi connectivity index (χ0v) is 11.8. The van der Waals surface area contributed by atoms with Crippen LogP contribution in [0, 0.1) is 6.92 Å². The topological polar surface area (TPSA) is 34.1 Å². The molecule has 4 heteroatoms. The van der Waals surface area contributed by atoms with E-state index in [-0.39, 0.29) is 6.04 Å². The van der Waals surface area contributed by atoms with Gasteiger partial charge in [-0.3, -0.25) is 0 Å². The summed E-state index contributed by atoms with van der Waals surface area (Å²) < 4.78 is 5.23. The second-order valence-corrected chi connectivity index (χ2v) is 5.20. The molecule has 2 rings (SSSR count). The quantitative estimate of drug-likeness (QED) is 0.897. The number of hydrogen-bond acceptors (Lipinski definition) is 4. The van der Waals surface area contributed by atoms with Gasteiger partial charge in [-0.1, -0.05) is 12.1 Å². The van der Waals surface area contributed by atoms with Crippen molar-refractivity contribution in [3.63, 3.8) is 0 Å². The van der Waals surface area contributed by atoms with Gasteiger partial charge in [-0.15, -0.1) is 11.3 Å². The van der Waals surface area contributed by atoms with E-state index in [2.05, 4.69) is 34.7 Å². The minimum absolute atomic E-state index is 0.282. The second-order valence-electron chi connectivity index (χ2n) is 4.26. The summed E-state index contributed by atoms with van der Waals surface area (Å²) in [5.74, 6) is 0.895. The summed E-state index contributed by atoms with van der Waals surface area (Å²) in [6, 6.07) is 8.42. The van der Waals surface area contributed by atoms with E-state index >= 15 is 0 Å². The first-order chi connectivity index (χ1) is 8.69. The van der Waals surface area contributed by atoms with E-state index in [1.165, 1.54) is 5.56 Å². The summed E-state index contributed by atoms with van der Waals surface area (Å²) in [6.07, 6.45) is 0. The Bertz CT molecular complexity index is 510. The normalized spacial score (nSPS) is 12.4. The van der Waals surface area contributed by atoms with Crippen molar-refractivity contribution in [2.45, 2.75) is 26.4 Å². The van der Waals surface area contributed by atoms with Crippen molar-refractivity contribution >= 4 is 11.3 Å². The van der Waals surface area contributed by atoms with Crippen LogP contribution in [0.15, 0.2) is 29.6 Å². The maximum atomic E-state index is 5.23. The van der Waals surface area contributed by atoms with E-state index in [1.54, 1.807) is 18.4 Å². The summed E-state index contributed by atoms with van der Waals surface area (Å²) in [5.41, 5.74) is 2.31. The van der Waals surface area contributed by atoms with Crippen molar-refractivity contribution < 1.29 is 4.74 Å². The van der Waals surface area contributed by atoms with Gasteiger partial charge in [0, 0.05) is 23.7 Å². The molecule has 0 aliphatic carbocycles. The average molecular weight is 262 g/mol. The Hall–Kier alpha value is -1.39. The van der Waals surface area contributed by atoms with Gasteiger partial charge in [0.2, 0.25) is 0 Å². The van der Waals surface area contributed by atoms with Gasteiger partial charge in [0.25, 0.3) is 0 Å². The maximum Gasteiger partial charge on any atom is 0.119 e. The highest BCUT2D eigenvalue weighted by molar-refractivity contribution is 7.09. The van der Waals surface area contributed by atoms with E-state index in [0.29, 0.717) is 0 Å². The molecular formula is C14H18N2OS. The lowest BCUT2D eigenvalue weighted by Crippen LogP contribution is -2.18. The van der Waals surface area contributed by atoms with Crippen LogP contribution in [0.3, 0.4) is 0 Å². The van der Waals surface area contributed by atoms with Crippen LogP contribution in [0.2, 0.25) is 0 Å². The maximum absolute atomic E-state index is 5.23. The van der Waals surface area contributed by atoms with Gasteiger partial charge >= 0.3 is 0 Å². The molecule has 0 spiro atoms. The van der Waals surface area contributed by atoms with Gasteiger partial charge in [-0.2, -0.15) is 0 Å². The van der Waals surface area contributed by atoms with Crippen molar-refractivity contribution in [2.24, 2.45) is 0 Å². The molecule has 0 unspecified atom stereocenters. The van der Waals surface area contributed by atoms with Gasteiger partial charge in [-0.05, 0) is 31.5 Å². The number of aromatic nitrogens is 1. The molecule has 1 aromatic heterocycles. The molecule has 1 N–H and O–H groups in total. The molecule has 1 atom stereocenters. The molecule has 3 nitrogen and oxygen atoms in total. The molecule has 0 saturated carbocycles. The minimum Gasteiger partial charge on any atom is -0.497 e. The van der Waals surface area contributed by atoms with E-state index in [4.69, 9.17) is 4.74 Å². The fourth-order valence-electron chi connectivity index (χ4n) is 1.75. The van der Waals surface area contributed by atoms with Gasteiger partial charge in [0.15, 0.2) is 0 Å². The lowest BCUT2D eigenvalue weighted by atomic mass is 10.1. The van der Waals surface area contributed by atoms with Crippen molar-refractivity contribution in [1.29, 1.82) is 0 Å². The molecule has 0 aliphatic heterocycles. The zero-order valence-electron chi connectivity index (χ0n) is 10.9. The lowest BCUT2D eigenvalue weighted by molar-refractivity contribution is 0.413. The SMILES string of the molecule is COc1cccc([C@H](C)NCc2nc(C)cs2)c1. The Kier molecular flexibility index (Phi) is 4.33. The van der Waals surface area contributed by atoms with Gasteiger partial charge < -0.3 is 10.1 Å². The highest BCUT2D eigenvalue weighted by Crippen LogP contribution is 2.19. The smallest absolute Gasteiger partial charge is 0.119 e. The van der Waals surface area contributed by atoms with Crippen molar-refractivity contribution in [3.05, 3.63) is 45.9 Å². The predicted molar refractivity (Wildman–Crippen MR) is 75.1 cm³/mol. The molecule has 0 bridgehead atoms. The number of nitrogens with zero attached hydrogens (tertiary/aromatic N) is 1. The van der Waals surface area contributed by atoms with Gasteiger partial charge in [-0.25, -0.2) is 4.98 Å². The van der Waals surface area contributed by atoms with E-state index in [1.807, 2.05) is 19.1 Å². The molecule has 96 valence electrons. The Morgan fingerprint density at radius 3 is 2.94 bits per heavy atom. The molecule has 2 aromatic rings. The standard InChI is InChI=1S/C14H18N2OS/c1-10-9-18-14(16-10)8-15-11(2)12-5-4-6-13(7-12)17-3/h4-7,9,11,15H,8H2,1-3H3/t11-/m0/s1. The first-order valence-electron chi connectivity index (χ1n) is 5.97. The number of aryl methyl sites for hydroxylation is 1. The third-order valence-electron chi connectivity index (χ3n) is 2.82. The second kappa shape index (κ2) is 5.98. The number of thiazole rings is 1. The lowest BCUT2D eigenvalue weighted by Gasteiger charge is -2.14. The molecule has 18 heavy (non-hydrogen) atoms. The van der Waals surface area contributed by atoms with Crippen LogP contribution in [0.4, 0.5) is 0 Å². The molecule has 0 fully saturated rings. The van der Waals surface area contributed by atoms with Crippen molar-refractivity contribution in [3.8, 4) is 5.75 Å². The van der Waals surface area contributed by atoms with Crippen LogP contribution in [0.25, 0.3) is 0 Å². The molecule has 1 aromatic carbocycles. The van der Waals surface area contributed by atoms with E-state index < -0.39 is 0 Å². The monoisotopic (exact) mass is 262 g/mol. The van der Waals surface area contributed by atoms with E-state index in [0.717, 1.165) is 23.0 Å². The molecular weight excluding hydrogens is 244 g/mol. The number of rotatable bonds is 5. The third kappa shape index (κ3) is 3.31. The number of hydrogen-bond donors (Lipinski definition) is 1. The Morgan fingerprint density at radius 1 is 1.44 bits per heavy atom. The van der Waals surface area contributed by atoms with E-state index in [9.17, 15) is 0 Å². The summed E-state index contributed by atoms with van der Waals surface area (Å²) in [4.78, 5) is 4.44. The van der Waals surface area contributed by atoms with Crippen LogP contribution in [-0.2, 0) is 6.54 Å². The minimum atomic E-state index is 0.282. The summed E-state index contributed by atoms with van der Waals surface area (Å²) in [7, 11) is 1.69. The van der Waals surface area contributed by atoms with Crippen molar-refractivity contribution in [1.82, 2.24) is 10.3 Å². The highest BCUT2D eigenvalue weighted by atomic mass is 32.1. The summed E-state index contributed by atoms with van der Waals surface area (Å²) in [5, 5.41) is 6.68. The molecule has 0 aliphatic rings. The molecule has 1 heterocycles. The van der Waals surface area contributed by atoms with Crippen molar-refractivity contribution in [2.75, 3.05) is 7.11 Å². The van der Waals surface area contributed by atoms with Crippen LogP contribution in [-0.4, -0.2) is 12.1 Å². The molecule has 0 radical (unpaired) electrons. The largest absolute Gasteiger partial charge is 0.497 e. The first-order valence-corrected chi connectivity index (χ1v) is 6.85. The Balaban J connectivity index is 1.96. The average Bonchev–Trinajstić information content (AvgIpc) is 2.82. The third-order valence-corrected chi connectivity index (χ3v) is 3.79. The number of benzene rings is 1. The van der Waals surface area contributed by atoms with Crippen LogP contribution in [0.5, 0.6) is 5.75 Å². The van der Waals surface area contributed by atoms with Gasteiger partial charge in [0.05, 0.1) is 7.11 Å². The predicted octanol–water partition coefficient (Wildman–Crippen LogP) is 3.31. The molecule has 0 saturated heterocycles. The number of methoxy groups -OCH3 is 1. The number of ether oxygens (including phenoxy) is 1. The fraction of sp³-hybridized carbons (Fsp3) is 0.357. The summed E-state index contributed by atoms with van der Waals surface area (Å²) >= 11 is 1.70. The van der Waals surface area contributed by atoms with Crippen LogP contribution >= 0.6 is 11.3 Å². The van der Waals surface area contributed by atoms with Gasteiger partial charge in [0.1, 0.15) is 10.8 Å². The first kappa shape index (κ1) is 13.1.